The van der Waals surface area contributed by atoms with Crippen molar-refractivity contribution in [3.63, 3.8) is 0 Å². The van der Waals surface area contributed by atoms with Crippen molar-refractivity contribution >= 4 is 29.3 Å². The number of hydrogen-bond acceptors (Lipinski definition) is 2. The Morgan fingerprint density at radius 1 is 1.12 bits per heavy atom. The van der Waals surface area contributed by atoms with E-state index in [-0.39, 0.29) is 5.56 Å². The Morgan fingerprint density at radius 2 is 1.88 bits per heavy atom. The van der Waals surface area contributed by atoms with Gasteiger partial charge < -0.3 is 5.11 Å². The van der Waals surface area contributed by atoms with Crippen LogP contribution in [0, 0.1) is 0 Å². The van der Waals surface area contributed by atoms with Crippen molar-refractivity contribution in [2.45, 2.75) is 9.79 Å². The van der Waals surface area contributed by atoms with Crippen molar-refractivity contribution in [1.29, 1.82) is 0 Å². The van der Waals surface area contributed by atoms with Crippen LogP contribution in [-0.4, -0.2) is 11.1 Å². The molecule has 0 aliphatic heterocycles. The highest BCUT2D eigenvalue weighted by Gasteiger charge is 2.05. The number of carboxylic acids is 1. The van der Waals surface area contributed by atoms with Crippen molar-refractivity contribution in [3.05, 3.63) is 59.1 Å². The fraction of sp³-hybridized carbons (Fsp3) is 0. The smallest absolute Gasteiger partial charge is 0.335 e. The van der Waals surface area contributed by atoms with Gasteiger partial charge >= 0.3 is 5.97 Å². The molecular weight excluding hydrogens is 256 g/mol. The molecule has 4 heteroatoms. The second kappa shape index (κ2) is 5.25. The van der Waals surface area contributed by atoms with E-state index in [1.54, 1.807) is 18.2 Å². The highest BCUT2D eigenvalue weighted by molar-refractivity contribution is 7.99. The van der Waals surface area contributed by atoms with Crippen LogP contribution in [-0.2, 0) is 0 Å². The van der Waals surface area contributed by atoms with Gasteiger partial charge in [0.2, 0.25) is 0 Å². The first-order valence-electron chi connectivity index (χ1n) is 4.92. The van der Waals surface area contributed by atoms with Gasteiger partial charge in [-0.25, -0.2) is 4.79 Å². The van der Waals surface area contributed by atoms with E-state index < -0.39 is 5.97 Å². The highest BCUT2D eigenvalue weighted by Crippen LogP contribution is 2.33. The lowest BCUT2D eigenvalue weighted by molar-refractivity contribution is 0.0696. The van der Waals surface area contributed by atoms with Gasteiger partial charge in [0.25, 0.3) is 0 Å². The SMILES string of the molecule is O=C(O)c1cccc(Sc2ccccc2Cl)c1. The number of benzene rings is 2. The van der Waals surface area contributed by atoms with Crippen molar-refractivity contribution in [1.82, 2.24) is 0 Å². The van der Waals surface area contributed by atoms with Crippen molar-refractivity contribution in [2.24, 2.45) is 0 Å². The summed E-state index contributed by atoms with van der Waals surface area (Å²) in [7, 11) is 0. The van der Waals surface area contributed by atoms with Crippen LogP contribution in [0.4, 0.5) is 0 Å². The number of halogens is 1. The van der Waals surface area contributed by atoms with E-state index >= 15 is 0 Å². The molecule has 0 atom stereocenters. The molecule has 2 rings (SSSR count). The molecule has 0 spiro atoms. The molecule has 1 N–H and O–H groups in total. The Kier molecular flexibility index (Phi) is 3.71. The molecule has 2 aromatic carbocycles. The third-order valence-corrected chi connectivity index (χ3v) is 3.65. The van der Waals surface area contributed by atoms with E-state index in [9.17, 15) is 4.79 Å². The molecule has 0 unspecified atom stereocenters. The third kappa shape index (κ3) is 3.02. The molecule has 0 aliphatic carbocycles. The molecule has 2 aromatic rings. The van der Waals surface area contributed by atoms with Gasteiger partial charge in [-0.15, -0.1) is 0 Å². The van der Waals surface area contributed by atoms with Crippen molar-refractivity contribution < 1.29 is 9.90 Å². The van der Waals surface area contributed by atoms with Crippen LogP contribution in [0.1, 0.15) is 10.4 Å². The van der Waals surface area contributed by atoms with Gasteiger partial charge in [0.1, 0.15) is 0 Å². The molecule has 0 saturated heterocycles. The normalized spacial score (nSPS) is 10.2. The van der Waals surface area contributed by atoms with Crippen LogP contribution in [0.5, 0.6) is 0 Å². The van der Waals surface area contributed by atoms with Gasteiger partial charge in [-0.05, 0) is 30.3 Å². The summed E-state index contributed by atoms with van der Waals surface area (Å²) in [5.74, 6) is -0.924. The van der Waals surface area contributed by atoms with E-state index in [1.165, 1.54) is 11.8 Å². The minimum atomic E-state index is -0.924. The maximum absolute atomic E-state index is 10.8. The number of rotatable bonds is 3. The molecule has 0 radical (unpaired) electrons. The lowest BCUT2D eigenvalue weighted by atomic mass is 10.2. The lowest BCUT2D eigenvalue weighted by Crippen LogP contribution is -1.95. The Morgan fingerprint density at radius 3 is 2.59 bits per heavy atom. The molecule has 0 aliphatic rings. The highest BCUT2D eigenvalue weighted by atomic mass is 35.5. The lowest BCUT2D eigenvalue weighted by Gasteiger charge is -2.04. The summed E-state index contributed by atoms with van der Waals surface area (Å²) in [6.45, 7) is 0. The number of hydrogen-bond donors (Lipinski definition) is 1. The Balaban J connectivity index is 2.28. The quantitative estimate of drug-likeness (QED) is 0.903. The predicted molar refractivity (Wildman–Crippen MR) is 69.0 cm³/mol. The zero-order valence-electron chi connectivity index (χ0n) is 8.76. The van der Waals surface area contributed by atoms with E-state index in [0.717, 1.165) is 9.79 Å². The predicted octanol–water partition coefficient (Wildman–Crippen LogP) is 4.19. The minimum Gasteiger partial charge on any atom is -0.478 e. The van der Waals surface area contributed by atoms with E-state index in [0.29, 0.717) is 5.02 Å². The molecular formula is C13H9ClO2S. The fourth-order valence-corrected chi connectivity index (χ4v) is 2.50. The molecule has 0 bridgehead atoms. The van der Waals surface area contributed by atoms with Crippen LogP contribution in [0.2, 0.25) is 5.02 Å². The van der Waals surface area contributed by atoms with E-state index in [2.05, 4.69) is 0 Å². The van der Waals surface area contributed by atoms with E-state index in [1.807, 2.05) is 30.3 Å². The molecule has 0 amide bonds. The summed E-state index contributed by atoms with van der Waals surface area (Å²) in [6.07, 6.45) is 0. The summed E-state index contributed by atoms with van der Waals surface area (Å²) in [6, 6.07) is 14.3. The van der Waals surface area contributed by atoms with Crippen LogP contribution in [0.15, 0.2) is 58.3 Å². The van der Waals surface area contributed by atoms with Gasteiger partial charge in [-0.1, -0.05) is 41.6 Å². The maximum atomic E-state index is 10.8. The zero-order valence-corrected chi connectivity index (χ0v) is 10.3. The molecule has 0 heterocycles. The van der Waals surface area contributed by atoms with Crippen LogP contribution in [0.3, 0.4) is 0 Å². The Labute approximate surface area is 108 Å². The standard InChI is InChI=1S/C13H9ClO2S/c14-11-6-1-2-7-12(11)17-10-5-3-4-9(8-10)13(15)16/h1-8H,(H,15,16). The molecule has 2 nitrogen and oxygen atoms in total. The maximum Gasteiger partial charge on any atom is 0.335 e. The number of aromatic carboxylic acids is 1. The third-order valence-electron chi connectivity index (χ3n) is 2.15. The Bertz CT molecular complexity index is 555. The summed E-state index contributed by atoms with van der Waals surface area (Å²) >= 11 is 7.49. The van der Waals surface area contributed by atoms with Gasteiger partial charge in [-0.3, -0.25) is 0 Å². The van der Waals surface area contributed by atoms with Gasteiger partial charge in [0, 0.05) is 9.79 Å². The van der Waals surface area contributed by atoms with Gasteiger partial charge in [0.15, 0.2) is 0 Å². The number of carboxylic acid groups (broad SMARTS) is 1. The average molecular weight is 265 g/mol. The molecule has 0 saturated carbocycles. The summed E-state index contributed by atoms with van der Waals surface area (Å²) < 4.78 is 0. The van der Waals surface area contributed by atoms with Crippen LogP contribution in [0.25, 0.3) is 0 Å². The van der Waals surface area contributed by atoms with Crippen LogP contribution < -0.4 is 0 Å². The second-order valence-electron chi connectivity index (χ2n) is 3.37. The molecule has 86 valence electrons. The largest absolute Gasteiger partial charge is 0.478 e. The van der Waals surface area contributed by atoms with Gasteiger partial charge in [0.05, 0.1) is 10.6 Å². The minimum absolute atomic E-state index is 0.280. The second-order valence-corrected chi connectivity index (χ2v) is 4.89. The van der Waals surface area contributed by atoms with Crippen LogP contribution >= 0.6 is 23.4 Å². The van der Waals surface area contributed by atoms with Crippen molar-refractivity contribution in [2.75, 3.05) is 0 Å². The summed E-state index contributed by atoms with van der Waals surface area (Å²) in [5.41, 5.74) is 0.280. The molecule has 17 heavy (non-hydrogen) atoms. The Hall–Kier alpha value is -1.45. The molecule has 0 aromatic heterocycles. The molecule has 0 fully saturated rings. The van der Waals surface area contributed by atoms with E-state index in [4.69, 9.17) is 16.7 Å². The summed E-state index contributed by atoms with van der Waals surface area (Å²) in [4.78, 5) is 12.6. The monoisotopic (exact) mass is 264 g/mol. The fourth-order valence-electron chi connectivity index (χ4n) is 1.35. The zero-order chi connectivity index (χ0) is 12.3. The average Bonchev–Trinajstić information content (AvgIpc) is 2.32. The van der Waals surface area contributed by atoms with Crippen molar-refractivity contribution in [3.8, 4) is 0 Å². The summed E-state index contributed by atoms with van der Waals surface area (Å²) in [5, 5.41) is 9.56. The van der Waals surface area contributed by atoms with Gasteiger partial charge in [-0.2, -0.15) is 0 Å². The first-order valence-corrected chi connectivity index (χ1v) is 6.12. The first-order chi connectivity index (χ1) is 8.16. The topological polar surface area (TPSA) is 37.3 Å². The first kappa shape index (κ1) is 12.0. The number of carbonyl (C=O) groups is 1.